The maximum Gasteiger partial charge on any atom is 0.339 e. The van der Waals surface area contributed by atoms with Crippen LogP contribution in [-0.2, 0) is 4.79 Å². The Morgan fingerprint density at radius 1 is 1.45 bits per heavy atom. The molecule has 0 aliphatic heterocycles. The van der Waals surface area contributed by atoms with Crippen LogP contribution in [0.4, 0.5) is 10.2 Å². The molecule has 0 aromatic carbocycles. The summed E-state index contributed by atoms with van der Waals surface area (Å²) in [5.74, 6) is -2.47. The van der Waals surface area contributed by atoms with E-state index in [0.29, 0.717) is 0 Å². The number of nitrogens with zero attached hydrogens (tertiary/aromatic N) is 2. The van der Waals surface area contributed by atoms with Crippen molar-refractivity contribution in [2.75, 3.05) is 11.4 Å². The zero-order chi connectivity index (χ0) is 14.7. The van der Waals surface area contributed by atoms with Gasteiger partial charge in [-0.3, -0.25) is 4.79 Å². The number of amides is 1. The number of hydrogen-bond donors (Lipinski definition) is 2. The Bertz CT molecular complexity index is 530. The first-order valence-electron chi connectivity index (χ1n) is 6.43. The first-order valence-corrected chi connectivity index (χ1v) is 6.43. The molecular weight excluding hydrogens is 265 g/mol. The molecule has 0 bridgehead atoms. The minimum absolute atomic E-state index is 0.0126. The number of carboxylic acids is 1. The zero-order valence-electron chi connectivity index (χ0n) is 10.9. The summed E-state index contributed by atoms with van der Waals surface area (Å²) in [5.41, 5.74) is 4.97. The fourth-order valence-electron chi connectivity index (χ4n) is 2.58. The van der Waals surface area contributed by atoms with Gasteiger partial charge in [0.05, 0.1) is 12.7 Å². The number of aromatic carboxylic acids is 1. The van der Waals surface area contributed by atoms with Gasteiger partial charge in [-0.2, -0.15) is 0 Å². The summed E-state index contributed by atoms with van der Waals surface area (Å²) in [5, 5.41) is 9.17. The average Bonchev–Trinajstić information content (AvgIpc) is 2.89. The van der Waals surface area contributed by atoms with Crippen LogP contribution in [0.2, 0.25) is 0 Å². The van der Waals surface area contributed by atoms with Gasteiger partial charge in [-0.1, -0.05) is 12.8 Å². The zero-order valence-corrected chi connectivity index (χ0v) is 10.9. The largest absolute Gasteiger partial charge is 0.478 e. The molecule has 2 rings (SSSR count). The van der Waals surface area contributed by atoms with Gasteiger partial charge < -0.3 is 15.7 Å². The van der Waals surface area contributed by atoms with E-state index in [1.165, 1.54) is 0 Å². The summed E-state index contributed by atoms with van der Waals surface area (Å²) in [6.07, 6.45) is 4.63. The molecule has 108 valence electrons. The number of primary amides is 1. The third-order valence-electron chi connectivity index (χ3n) is 3.43. The second kappa shape index (κ2) is 5.85. The minimum Gasteiger partial charge on any atom is -0.478 e. The van der Waals surface area contributed by atoms with Crippen LogP contribution >= 0.6 is 0 Å². The van der Waals surface area contributed by atoms with Crippen LogP contribution in [0.15, 0.2) is 12.3 Å². The maximum atomic E-state index is 13.2. The fraction of sp³-hybridized carbons (Fsp3) is 0.462. The molecule has 1 fully saturated rings. The summed E-state index contributed by atoms with van der Waals surface area (Å²) in [4.78, 5) is 27.9. The monoisotopic (exact) mass is 281 g/mol. The van der Waals surface area contributed by atoms with Crippen LogP contribution in [0.1, 0.15) is 36.0 Å². The predicted molar refractivity (Wildman–Crippen MR) is 70.0 cm³/mol. The van der Waals surface area contributed by atoms with E-state index in [4.69, 9.17) is 10.8 Å². The molecule has 7 heteroatoms. The molecule has 1 heterocycles. The number of carbonyl (C=O) groups is 2. The molecular formula is C13H16FN3O3. The first kappa shape index (κ1) is 14.2. The summed E-state index contributed by atoms with van der Waals surface area (Å²) in [6, 6.07) is 0.923. The van der Waals surface area contributed by atoms with Gasteiger partial charge in [-0.15, -0.1) is 0 Å². The normalized spacial score (nSPS) is 15.2. The lowest BCUT2D eigenvalue weighted by atomic mass is 10.1. The van der Waals surface area contributed by atoms with Crippen molar-refractivity contribution in [3.63, 3.8) is 0 Å². The molecule has 1 aliphatic rings. The fourth-order valence-corrected chi connectivity index (χ4v) is 2.58. The van der Waals surface area contributed by atoms with Crippen LogP contribution in [0.3, 0.4) is 0 Å². The number of pyridine rings is 1. The van der Waals surface area contributed by atoms with Crippen LogP contribution in [0, 0.1) is 5.82 Å². The van der Waals surface area contributed by atoms with Gasteiger partial charge in [0.1, 0.15) is 17.2 Å². The highest BCUT2D eigenvalue weighted by Gasteiger charge is 2.28. The van der Waals surface area contributed by atoms with Gasteiger partial charge in [0.25, 0.3) is 0 Å². The van der Waals surface area contributed by atoms with Crippen LogP contribution in [0.5, 0.6) is 0 Å². The smallest absolute Gasteiger partial charge is 0.339 e. The molecule has 1 aromatic rings. The molecule has 20 heavy (non-hydrogen) atoms. The van der Waals surface area contributed by atoms with Crippen LogP contribution in [0.25, 0.3) is 0 Å². The molecule has 1 saturated carbocycles. The number of rotatable bonds is 5. The number of aromatic nitrogens is 1. The summed E-state index contributed by atoms with van der Waals surface area (Å²) in [7, 11) is 0. The summed E-state index contributed by atoms with van der Waals surface area (Å²) >= 11 is 0. The molecule has 1 aromatic heterocycles. The molecule has 0 atom stereocenters. The SMILES string of the molecule is NC(=O)CN(c1ncc(F)cc1C(=O)O)C1CCCC1. The van der Waals surface area contributed by atoms with Gasteiger partial charge in [-0.05, 0) is 18.9 Å². The topological polar surface area (TPSA) is 96.5 Å². The summed E-state index contributed by atoms with van der Waals surface area (Å²) in [6.45, 7) is -0.121. The summed E-state index contributed by atoms with van der Waals surface area (Å²) < 4.78 is 13.2. The molecule has 0 spiro atoms. The Balaban J connectivity index is 2.41. The van der Waals surface area contributed by atoms with E-state index in [1.54, 1.807) is 4.90 Å². The second-order valence-corrected chi connectivity index (χ2v) is 4.86. The van der Waals surface area contributed by atoms with Crippen molar-refractivity contribution in [2.45, 2.75) is 31.7 Å². The number of halogens is 1. The molecule has 3 N–H and O–H groups in total. The molecule has 1 aliphatic carbocycles. The third kappa shape index (κ3) is 3.04. The van der Waals surface area contributed by atoms with Gasteiger partial charge in [0.2, 0.25) is 5.91 Å². The lowest BCUT2D eigenvalue weighted by Gasteiger charge is -2.29. The van der Waals surface area contributed by atoms with Gasteiger partial charge in [-0.25, -0.2) is 14.2 Å². The van der Waals surface area contributed by atoms with E-state index in [2.05, 4.69) is 4.98 Å². The highest BCUT2D eigenvalue weighted by molar-refractivity contribution is 5.94. The second-order valence-electron chi connectivity index (χ2n) is 4.86. The molecule has 6 nitrogen and oxygen atoms in total. The van der Waals surface area contributed by atoms with Crippen LogP contribution < -0.4 is 10.6 Å². The third-order valence-corrected chi connectivity index (χ3v) is 3.43. The Hall–Kier alpha value is -2.18. The Morgan fingerprint density at radius 2 is 2.10 bits per heavy atom. The number of carboxylic acid groups (broad SMARTS) is 1. The van der Waals surface area contributed by atoms with E-state index in [0.717, 1.165) is 37.9 Å². The van der Waals surface area contributed by atoms with Crippen molar-refractivity contribution < 1.29 is 19.1 Å². The molecule has 0 saturated heterocycles. The molecule has 0 radical (unpaired) electrons. The van der Waals surface area contributed by atoms with Crippen molar-refractivity contribution in [2.24, 2.45) is 5.73 Å². The van der Waals surface area contributed by atoms with E-state index in [9.17, 15) is 14.0 Å². The van der Waals surface area contributed by atoms with E-state index in [1.807, 2.05) is 0 Å². The van der Waals surface area contributed by atoms with E-state index < -0.39 is 17.7 Å². The van der Waals surface area contributed by atoms with Gasteiger partial charge in [0.15, 0.2) is 0 Å². The van der Waals surface area contributed by atoms with Crippen molar-refractivity contribution in [3.05, 3.63) is 23.6 Å². The maximum absolute atomic E-state index is 13.2. The lowest BCUT2D eigenvalue weighted by molar-refractivity contribution is -0.116. The van der Waals surface area contributed by atoms with Crippen molar-refractivity contribution in [1.82, 2.24) is 4.98 Å². The van der Waals surface area contributed by atoms with Crippen molar-refractivity contribution in [3.8, 4) is 0 Å². The Kier molecular flexibility index (Phi) is 4.16. The van der Waals surface area contributed by atoms with Crippen LogP contribution in [-0.4, -0.2) is 34.6 Å². The van der Waals surface area contributed by atoms with E-state index >= 15 is 0 Å². The van der Waals surface area contributed by atoms with Gasteiger partial charge >= 0.3 is 5.97 Å². The number of nitrogens with two attached hydrogens (primary N) is 1. The molecule has 1 amide bonds. The first-order chi connectivity index (χ1) is 9.49. The quantitative estimate of drug-likeness (QED) is 0.844. The Labute approximate surface area is 115 Å². The minimum atomic E-state index is -1.28. The van der Waals surface area contributed by atoms with Gasteiger partial charge in [0, 0.05) is 6.04 Å². The number of hydrogen-bond acceptors (Lipinski definition) is 4. The highest BCUT2D eigenvalue weighted by atomic mass is 19.1. The Morgan fingerprint density at radius 3 is 2.65 bits per heavy atom. The van der Waals surface area contributed by atoms with Crippen molar-refractivity contribution in [1.29, 1.82) is 0 Å². The standard InChI is InChI=1S/C13H16FN3O3/c14-8-5-10(13(19)20)12(16-6-8)17(7-11(15)18)9-3-1-2-4-9/h5-6,9H,1-4,7H2,(H2,15,18)(H,19,20). The van der Waals surface area contributed by atoms with Crippen molar-refractivity contribution >= 4 is 17.7 Å². The number of carbonyl (C=O) groups excluding carboxylic acids is 1. The number of anilines is 1. The average molecular weight is 281 g/mol. The van der Waals surface area contributed by atoms with E-state index in [-0.39, 0.29) is 24.0 Å². The lowest BCUT2D eigenvalue weighted by Crippen LogP contribution is -2.41. The predicted octanol–water partition coefficient (Wildman–Crippen LogP) is 1.15. The molecule has 0 unspecified atom stereocenters. The highest BCUT2D eigenvalue weighted by Crippen LogP contribution is 2.29.